The summed E-state index contributed by atoms with van der Waals surface area (Å²) in [6.45, 7) is 6.75. The molecule has 39 heavy (non-hydrogen) atoms. The second-order valence-corrected chi connectivity index (χ2v) is 11.5. The molecule has 0 aromatic rings. The molecule has 7 nitrogen and oxygen atoms in total. The number of nitrogens with zero attached hydrogens (tertiary/aromatic N) is 1. The standard InChI is InChI=1S/C32H59NO6/c1-5-6-7-8-9-10-11-12-13-14-15-16-17-18-19-20-21-22-23-24-25-26-33(27(2)30(34)35,28(3)31(36)37)29(4)32(38)39/h9-10,27-29H,5-8,11-26H2,1-4H3,(H2-,34,35,36,37,38,39)/p+1/b10-9+. The van der Waals surface area contributed by atoms with Gasteiger partial charge in [0.05, 0.1) is 6.54 Å². The van der Waals surface area contributed by atoms with Gasteiger partial charge in [0.2, 0.25) is 0 Å². The lowest BCUT2D eigenvalue weighted by atomic mass is 9.99. The fourth-order valence-corrected chi connectivity index (χ4v) is 5.72. The summed E-state index contributed by atoms with van der Waals surface area (Å²) in [5.74, 6) is -3.51. The van der Waals surface area contributed by atoms with Crippen LogP contribution in [0.1, 0.15) is 150 Å². The van der Waals surface area contributed by atoms with E-state index in [2.05, 4.69) is 19.1 Å². The SMILES string of the molecule is CCCCC/C=C/CCCCCCCCCCCCCCCC[N+](C(C)C(=O)O)(C(C)C(=O)O)C(C)C(=O)O. The van der Waals surface area contributed by atoms with Gasteiger partial charge in [0.25, 0.3) is 0 Å². The Bertz CT molecular complexity index is 642. The summed E-state index contributed by atoms with van der Waals surface area (Å²) in [6.07, 6.45) is 27.7. The van der Waals surface area contributed by atoms with E-state index >= 15 is 0 Å². The molecule has 0 heterocycles. The number of quaternary nitrogens is 1. The van der Waals surface area contributed by atoms with Crippen molar-refractivity contribution in [2.24, 2.45) is 0 Å². The van der Waals surface area contributed by atoms with Crippen LogP contribution in [0.25, 0.3) is 0 Å². The van der Waals surface area contributed by atoms with E-state index < -0.39 is 40.5 Å². The molecule has 0 aliphatic heterocycles. The average molecular weight is 555 g/mol. The van der Waals surface area contributed by atoms with Gasteiger partial charge in [-0.2, -0.15) is 0 Å². The summed E-state index contributed by atoms with van der Waals surface area (Å²) >= 11 is 0. The third-order valence-electron chi connectivity index (χ3n) is 8.54. The van der Waals surface area contributed by atoms with Crippen LogP contribution in [0.5, 0.6) is 0 Å². The van der Waals surface area contributed by atoms with Crippen molar-refractivity contribution in [1.82, 2.24) is 0 Å². The highest BCUT2D eigenvalue weighted by Gasteiger charge is 2.52. The predicted molar refractivity (Wildman–Crippen MR) is 159 cm³/mol. The zero-order chi connectivity index (χ0) is 29.5. The van der Waals surface area contributed by atoms with E-state index in [0.717, 1.165) is 19.3 Å². The normalized spacial score (nSPS) is 15.6. The number of carbonyl (C=O) groups is 3. The Morgan fingerprint density at radius 3 is 1.10 bits per heavy atom. The van der Waals surface area contributed by atoms with Crippen LogP contribution in [-0.4, -0.2) is 62.4 Å². The van der Waals surface area contributed by atoms with E-state index in [1.54, 1.807) is 0 Å². The number of allylic oxidation sites excluding steroid dienone is 2. The van der Waals surface area contributed by atoms with Gasteiger partial charge in [-0.1, -0.05) is 103 Å². The van der Waals surface area contributed by atoms with E-state index in [9.17, 15) is 29.7 Å². The molecule has 3 unspecified atom stereocenters. The molecular formula is C32H60NO6+. The lowest BCUT2D eigenvalue weighted by Gasteiger charge is -2.47. The molecule has 3 N–H and O–H groups in total. The summed E-state index contributed by atoms with van der Waals surface area (Å²) in [5, 5.41) is 28.9. The van der Waals surface area contributed by atoms with E-state index in [-0.39, 0.29) is 6.54 Å². The summed E-state index contributed by atoms with van der Waals surface area (Å²) in [6, 6.07) is -3.36. The first-order valence-electron chi connectivity index (χ1n) is 15.8. The van der Waals surface area contributed by atoms with Crippen molar-refractivity contribution >= 4 is 17.9 Å². The summed E-state index contributed by atoms with van der Waals surface area (Å²) in [7, 11) is 0. The molecule has 0 spiro atoms. The first-order valence-corrected chi connectivity index (χ1v) is 15.8. The summed E-state index contributed by atoms with van der Waals surface area (Å²) < 4.78 is -0.476. The Morgan fingerprint density at radius 2 is 0.795 bits per heavy atom. The van der Waals surface area contributed by atoms with Crippen molar-refractivity contribution in [2.45, 2.75) is 168 Å². The van der Waals surface area contributed by atoms with Gasteiger partial charge < -0.3 is 15.3 Å². The van der Waals surface area contributed by atoms with Crippen molar-refractivity contribution in [3.8, 4) is 0 Å². The highest BCUT2D eigenvalue weighted by molar-refractivity contribution is 5.77. The second-order valence-electron chi connectivity index (χ2n) is 11.5. The Kier molecular flexibility index (Phi) is 21.8. The Labute approximate surface area is 238 Å². The molecule has 0 aliphatic rings. The van der Waals surface area contributed by atoms with E-state index in [1.165, 1.54) is 117 Å². The lowest BCUT2D eigenvalue weighted by Crippen LogP contribution is -2.70. The molecule has 3 atom stereocenters. The van der Waals surface area contributed by atoms with Crippen molar-refractivity contribution in [1.29, 1.82) is 0 Å². The van der Waals surface area contributed by atoms with Crippen LogP contribution < -0.4 is 0 Å². The Balaban J connectivity index is 4.02. The smallest absolute Gasteiger partial charge is 0.362 e. The van der Waals surface area contributed by atoms with Gasteiger partial charge in [0, 0.05) is 0 Å². The number of unbranched alkanes of at least 4 members (excludes halogenated alkanes) is 17. The maximum Gasteiger partial charge on any atom is 0.362 e. The molecule has 0 fully saturated rings. The van der Waals surface area contributed by atoms with Crippen LogP contribution in [0.15, 0.2) is 12.2 Å². The van der Waals surface area contributed by atoms with Crippen LogP contribution in [0.3, 0.4) is 0 Å². The van der Waals surface area contributed by atoms with Gasteiger partial charge in [-0.05, 0) is 59.3 Å². The Morgan fingerprint density at radius 1 is 0.513 bits per heavy atom. The number of hydrogen-bond donors (Lipinski definition) is 3. The molecule has 7 heteroatoms. The van der Waals surface area contributed by atoms with Gasteiger partial charge >= 0.3 is 17.9 Å². The molecule has 0 bridgehead atoms. The quantitative estimate of drug-likeness (QED) is 0.0536. The molecule has 0 aromatic heterocycles. The van der Waals surface area contributed by atoms with Crippen LogP contribution in [0, 0.1) is 0 Å². The summed E-state index contributed by atoms with van der Waals surface area (Å²) in [5.41, 5.74) is 0. The second kappa shape index (κ2) is 22.9. The van der Waals surface area contributed by atoms with Crippen LogP contribution in [0.2, 0.25) is 0 Å². The zero-order valence-corrected chi connectivity index (χ0v) is 25.5. The third kappa shape index (κ3) is 15.5. The number of hydrogen-bond acceptors (Lipinski definition) is 3. The fourth-order valence-electron chi connectivity index (χ4n) is 5.72. The van der Waals surface area contributed by atoms with Crippen LogP contribution in [0.4, 0.5) is 0 Å². The number of rotatable bonds is 27. The molecule has 0 radical (unpaired) electrons. The molecule has 0 aromatic carbocycles. The first kappa shape index (κ1) is 37.1. The van der Waals surface area contributed by atoms with Crippen molar-refractivity contribution < 1.29 is 34.2 Å². The van der Waals surface area contributed by atoms with E-state index in [4.69, 9.17) is 0 Å². The Hall–Kier alpha value is -1.89. The molecular weight excluding hydrogens is 494 g/mol. The van der Waals surface area contributed by atoms with Crippen molar-refractivity contribution in [3.05, 3.63) is 12.2 Å². The highest BCUT2D eigenvalue weighted by Crippen LogP contribution is 2.27. The van der Waals surface area contributed by atoms with Gasteiger partial charge in [-0.3, -0.25) is 4.48 Å². The van der Waals surface area contributed by atoms with Gasteiger partial charge in [0.1, 0.15) is 0 Å². The number of carboxylic acid groups (broad SMARTS) is 3. The van der Waals surface area contributed by atoms with Crippen molar-refractivity contribution in [3.63, 3.8) is 0 Å². The first-order chi connectivity index (χ1) is 18.6. The lowest BCUT2D eigenvalue weighted by molar-refractivity contribution is -0.968. The topological polar surface area (TPSA) is 112 Å². The van der Waals surface area contributed by atoms with Gasteiger partial charge in [-0.25, -0.2) is 14.4 Å². The van der Waals surface area contributed by atoms with Crippen LogP contribution in [-0.2, 0) is 14.4 Å². The molecule has 0 rings (SSSR count). The minimum atomic E-state index is -1.17. The minimum Gasteiger partial charge on any atom is -0.477 e. The monoisotopic (exact) mass is 554 g/mol. The summed E-state index contributed by atoms with van der Waals surface area (Å²) in [4.78, 5) is 35.4. The largest absolute Gasteiger partial charge is 0.477 e. The van der Waals surface area contributed by atoms with E-state index in [0.29, 0.717) is 6.42 Å². The minimum absolute atomic E-state index is 0.226. The highest BCUT2D eigenvalue weighted by atomic mass is 16.4. The predicted octanol–water partition coefficient (Wildman–Crippen LogP) is 8.21. The molecule has 228 valence electrons. The van der Waals surface area contributed by atoms with Gasteiger partial charge in [-0.15, -0.1) is 0 Å². The van der Waals surface area contributed by atoms with E-state index in [1.807, 2.05) is 0 Å². The average Bonchev–Trinajstić information content (AvgIpc) is 2.90. The third-order valence-corrected chi connectivity index (χ3v) is 8.54. The molecule has 0 amide bonds. The molecule has 0 saturated carbocycles. The maximum absolute atomic E-state index is 11.8. The van der Waals surface area contributed by atoms with Crippen molar-refractivity contribution in [2.75, 3.05) is 6.54 Å². The number of aliphatic carboxylic acids is 3. The maximum atomic E-state index is 11.8. The molecule has 0 saturated heterocycles. The van der Waals surface area contributed by atoms with Crippen LogP contribution >= 0.6 is 0 Å². The fraction of sp³-hybridized carbons (Fsp3) is 0.844. The number of carboxylic acids is 3. The van der Waals surface area contributed by atoms with Gasteiger partial charge in [0.15, 0.2) is 18.1 Å². The molecule has 0 aliphatic carbocycles. The zero-order valence-electron chi connectivity index (χ0n) is 25.5.